The summed E-state index contributed by atoms with van der Waals surface area (Å²) in [7, 11) is 1.61. The van der Waals surface area contributed by atoms with Crippen LogP contribution in [0.5, 0.6) is 5.75 Å². The lowest BCUT2D eigenvalue weighted by atomic mass is 9.89. The first-order valence-electron chi connectivity index (χ1n) is 9.39. The number of rotatable bonds is 5. The number of nitrogens with one attached hydrogen (secondary N) is 1. The highest BCUT2D eigenvalue weighted by Gasteiger charge is 2.24. The number of amides is 1. The zero-order valence-corrected chi connectivity index (χ0v) is 17.9. The van der Waals surface area contributed by atoms with Gasteiger partial charge in [0.25, 0.3) is 0 Å². The van der Waals surface area contributed by atoms with Gasteiger partial charge in [0.2, 0.25) is 5.91 Å². The fraction of sp³-hybridized carbons (Fsp3) is 0.381. The highest BCUT2D eigenvalue weighted by Crippen LogP contribution is 2.40. The Morgan fingerprint density at radius 2 is 2.25 bits per heavy atom. The van der Waals surface area contributed by atoms with Gasteiger partial charge < -0.3 is 10.1 Å². The van der Waals surface area contributed by atoms with Crippen LogP contribution < -0.4 is 10.1 Å². The lowest BCUT2D eigenvalue weighted by Crippen LogP contribution is -2.14. The number of hydrogen-bond acceptors (Lipinski definition) is 6. The highest BCUT2D eigenvalue weighted by molar-refractivity contribution is 8.00. The van der Waals surface area contributed by atoms with Crippen LogP contribution in [0.4, 0.5) is 5.69 Å². The zero-order valence-electron chi connectivity index (χ0n) is 16.2. The molecule has 146 valence electrons. The molecule has 0 aliphatic heterocycles. The van der Waals surface area contributed by atoms with E-state index in [0.29, 0.717) is 5.75 Å². The Balaban J connectivity index is 1.53. The summed E-state index contributed by atoms with van der Waals surface area (Å²) in [5.41, 5.74) is 2.13. The largest absolute Gasteiger partial charge is 0.497 e. The van der Waals surface area contributed by atoms with E-state index in [2.05, 4.69) is 22.2 Å². The number of thiophene rings is 1. The molecule has 4 rings (SSSR count). The summed E-state index contributed by atoms with van der Waals surface area (Å²) >= 11 is 3.29. The van der Waals surface area contributed by atoms with Crippen molar-refractivity contribution < 1.29 is 9.53 Å². The van der Waals surface area contributed by atoms with E-state index in [1.807, 2.05) is 31.2 Å². The topological polar surface area (TPSA) is 64.1 Å². The first kappa shape index (κ1) is 19.2. The van der Waals surface area contributed by atoms with Crippen LogP contribution in [0.15, 0.2) is 29.3 Å². The predicted molar refractivity (Wildman–Crippen MR) is 116 cm³/mol. The second-order valence-electron chi connectivity index (χ2n) is 7.18. The number of aromatic nitrogens is 2. The van der Waals surface area contributed by atoms with Gasteiger partial charge in [-0.3, -0.25) is 4.79 Å². The molecule has 2 aromatic heterocycles. The summed E-state index contributed by atoms with van der Waals surface area (Å²) in [6, 6.07) is 7.38. The minimum atomic E-state index is -0.0552. The van der Waals surface area contributed by atoms with E-state index >= 15 is 0 Å². The van der Waals surface area contributed by atoms with Crippen molar-refractivity contribution in [2.24, 2.45) is 5.92 Å². The van der Waals surface area contributed by atoms with Gasteiger partial charge >= 0.3 is 0 Å². The van der Waals surface area contributed by atoms with Crippen LogP contribution in [0.2, 0.25) is 0 Å². The molecule has 0 bridgehead atoms. The number of ether oxygens (including phenoxy) is 1. The van der Waals surface area contributed by atoms with Gasteiger partial charge in [0.15, 0.2) is 0 Å². The molecule has 5 nitrogen and oxygen atoms in total. The van der Waals surface area contributed by atoms with Gasteiger partial charge in [-0.15, -0.1) is 11.3 Å². The maximum Gasteiger partial charge on any atom is 0.234 e. The van der Waals surface area contributed by atoms with Gasteiger partial charge in [-0.2, -0.15) is 0 Å². The molecule has 0 fully saturated rings. The van der Waals surface area contributed by atoms with Gasteiger partial charge in [-0.25, -0.2) is 9.97 Å². The summed E-state index contributed by atoms with van der Waals surface area (Å²) in [4.78, 5) is 24.3. The third kappa shape index (κ3) is 4.00. The van der Waals surface area contributed by atoms with Crippen molar-refractivity contribution >= 4 is 44.9 Å². The van der Waals surface area contributed by atoms with Crippen molar-refractivity contribution in [1.82, 2.24) is 9.97 Å². The fourth-order valence-corrected chi connectivity index (χ4v) is 5.94. The van der Waals surface area contributed by atoms with Crippen LogP contribution in [0.25, 0.3) is 10.2 Å². The number of fused-ring (bicyclic) bond motifs is 3. The smallest absolute Gasteiger partial charge is 0.234 e. The molecule has 1 aromatic carbocycles. The quantitative estimate of drug-likeness (QED) is 0.478. The van der Waals surface area contributed by atoms with E-state index in [1.54, 1.807) is 18.4 Å². The van der Waals surface area contributed by atoms with E-state index < -0.39 is 0 Å². The minimum absolute atomic E-state index is 0.0552. The second-order valence-corrected chi connectivity index (χ2v) is 9.22. The summed E-state index contributed by atoms with van der Waals surface area (Å²) in [6.45, 7) is 4.23. The van der Waals surface area contributed by atoms with Crippen LogP contribution in [-0.2, 0) is 17.6 Å². The summed E-state index contributed by atoms with van der Waals surface area (Å²) in [6.07, 6.45) is 3.40. The van der Waals surface area contributed by atoms with E-state index in [1.165, 1.54) is 28.6 Å². The van der Waals surface area contributed by atoms with Crippen LogP contribution in [0.1, 0.15) is 29.6 Å². The van der Waals surface area contributed by atoms with Gasteiger partial charge in [-0.1, -0.05) is 24.8 Å². The van der Waals surface area contributed by atoms with Crippen LogP contribution in [0.3, 0.4) is 0 Å². The Labute approximate surface area is 172 Å². The molecule has 0 saturated carbocycles. The van der Waals surface area contributed by atoms with Gasteiger partial charge in [0.05, 0.1) is 12.9 Å². The summed E-state index contributed by atoms with van der Waals surface area (Å²) < 4.78 is 5.21. The standard InChI is InChI=1S/C21H23N3O2S2/c1-12-7-8-16-17(9-12)28-21-19(16)20(22-13(2)23-21)27-11-18(25)24-14-5-4-6-15(10-14)26-3/h4-6,10,12H,7-9,11H2,1-3H3,(H,24,25)/t12-/m0/s1. The third-order valence-electron chi connectivity index (χ3n) is 4.93. The normalized spacial score (nSPS) is 16.0. The number of carbonyl (C=O) groups excluding carboxylic acids is 1. The fourth-order valence-electron chi connectivity index (χ4n) is 3.55. The number of methoxy groups -OCH3 is 1. The van der Waals surface area contributed by atoms with Crippen molar-refractivity contribution in [1.29, 1.82) is 0 Å². The third-order valence-corrected chi connectivity index (χ3v) is 7.05. The Morgan fingerprint density at radius 1 is 1.39 bits per heavy atom. The number of benzene rings is 1. The van der Waals surface area contributed by atoms with E-state index in [4.69, 9.17) is 4.74 Å². The molecule has 0 unspecified atom stereocenters. The molecule has 1 N–H and O–H groups in total. The molecule has 0 saturated heterocycles. The number of carbonyl (C=O) groups is 1. The van der Waals surface area contributed by atoms with Gasteiger partial charge in [0.1, 0.15) is 21.4 Å². The molecule has 3 aromatic rings. The number of hydrogen-bond donors (Lipinski definition) is 1. The Morgan fingerprint density at radius 3 is 3.07 bits per heavy atom. The SMILES string of the molecule is COc1cccc(NC(=O)CSc2nc(C)nc3sc4c(c23)CC[C@H](C)C4)c1. The van der Waals surface area contributed by atoms with Crippen LogP contribution in [0, 0.1) is 12.8 Å². The molecule has 0 radical (unpaired) electrons. The van der Waals surface area contributed by atoms with Crippen LogP contribution in [-0.4, -0.2) is 28.7 Å². The molecule has 1 aliphatic carbocycles. The summed E-state index contributed by atoms with van der Waals surface area (Å²) in [5, 5.41) is 5.02. The molecule has 1 amide bonds. The molecule has 2 heterocycles. The lowest BCUT2D eigenvalue weighted by molar-refractivity contribution is -0.113. The van der Waals surface area contributed by atoms with Crippen molar-refractivity contribution in [2.45, 2.75) is 38.1 Å². The molecule has 1 aliphatic rings. The van der Waals surface area contributed by atoms with Crippen molar-refractivity contribution in [3.63, 3.8) is 0 Å². The average Bonchev–Trinajstić information content (AvgIpc) is 3.03. The number of nitrogens with zero attached hydrogens (tertiary/aromatic N) is 2. The molecule has 1 atom stereocenters. The Hall–Kier alpha value is -2.12. The van der Waals surface area contributed by atoms with Gasteiger partial charge in [0, 0.05) is 22.0 Å². The predicted octanol–water partition coefficient (Wildman–Crippen LogP) is 4.86. The Kier molecular flexibility index (Phi) is 5.55. The highest BCUT2D eigenvalue weighted by atomic mass is 32.2. The van der Waals surface area contributed by atoms with Gasteiger partial charge in [-0.05, 0) is 49.8 Å². The monoisotopic (exact) mass is 413 g/mol. The summed E-state index contributed by atoms with van der Waals surface area (Å²) in [5.74, 6) is 2.45. The van der Waals surface area contributed by atoms with Crippen LogP contribution >= 0.6 is 23.1 Å². The van der Waals surface area contributed by atoms with E-state index in [9.17, 15) is 4.79 Å². The molecule has 0 spiro atoms. The van der Waals surface area contributed by atoms with E-state index in [0.717, 1.165) is 51.3 Å². The van der Waals surface area contributed by atoms with Crippen molar-refractivity contribution in [2.75, 3.05) is 18.2 Å². The average molecular weight is 414 g/mol. The molecular weight excluding hydrogens is 390 g/mol. The van der Waals surface area contributed by atoms with E-state index in [-0.39, 0.29) is 5.91 Å². The van der Waals surface area contributed by atoms with Crippen molar-refractivity contribution in [3.8, 4) is 5.75 Å². The first-order valence-corrected chi connectivity index (χ1v) is 11.2. The lowest BCUT2D eigenvalue weighted by Gasteiger charge is -2.18. The minimum Gasteiger partial charge on any atom is -0.497 e. The maximum absolute atomic E-state index is 12.5. The molecule has 28 heavy (non-hydrogen) atoms. The zero-order chi connectivity index (χ0) is 19.7. The first-order chi connectivity index (χ1) is 13.5. The second kappa shape index (κ2) is 8.09. The number of thioether (sulfide) groups is 1. The molecule has 7 heteroatoms. The molecular formula is C21H23N3O2S2. The number of anilines is 1. The Bertz CT molecular complexity index is 1030. The van der Waals surface area contributed by atoms with Crippen molar-refractivity contribution in [3.05, 3.63) is 40.5 Å². The maximum atomic E-state index is 12.5. The number of aryl methyl sites for hydroxylation is 2.